The topological polar surface area (TPSA) is 29.9 Å². The molecule has 3 fully saturated rings. The van der Waals surface area contributed by atoms with E-state index in [1.54, 1.807) is 0 Å². The van der Waals surface area contributed by atoms with E-state index in [2.05, 4.69) is 34.3 Å². The molecule has 104 valence electrons. The van der Waals surface area contributed by atoms with Crippen LogP contribution in [-0.4, -0.2) is 22.6 Å². The highest BCUT2D eigenvalue weighted by Crippen LogP contribution is 2.53. The molecule has 0 atom stereocenters. The molecule has 2 aliphatic carbocycles. The van der Waals surface area contributed by atoms with Crippen LogP contribution in [0.15, 0.2) is 12.5 Å². The third-order valence-electron chi connectivity index (χ3n) is 5.52. The number of rotatable bonds is 4. The summed E-state index contributed by atoms with van der Waals surface area (Å²) in [5, 5.41) is 3.49. The van der Waals surface area contributed by atoms with Crippen molar-refractivity contribution in [3.8, 4) is 0 Å². The first-order chi connectivity index (χ1) is 9.28. The molecular formula is C16H25N3. The highest BCUT2D eigenvalue weighted by molar-refractivity contribution is 5.18. The molecule has 4 rings (SSSR count). The molecule has 1 aromatic rings. The van der Waals surface area contributed by atoms with Gasteiger partial charge in [0, 0.05) is 23.3 Å². The molecule has 2 heterocycles. The Hall–Kier alpha value is -0.830. The smallest absolute Gasteiger partial charge is 0.0951 e. The third kappa shape index (κ3) is 2.12. The summed E-state index contributed by atoms with van der Waals surface area (Å²) >= 11 is 0. The Kier molecular flexibility index (Phi) is 2.73. The van der Waals surface area contributed by atoms with Crippen molar-refractivity contribution in [3.05, 3.63) is 18.2 Å². The van der Waals surface area contributed by atoms with Gasteiger partial charge in [-0.2, -0.15) is 0 Å². The Morgan fingerprint density at radius 1 is 1.21 bits per heavy atom. The lowest BCUT2D eigenvalue weighted by atomic mass is 9.78. The zero-order valence-corrected chi connectivity index (χ0v) is 11.9. The first-order valence-electron chi connectivity index (χ1n) is 8.01. The Labute approximate surface area is 115 Å². The molecule has 1 aromatic heterocycles. The lowest BCUT2D eigenvalue weighted by Gasteiger charge is -2.36. The molecule has 0 radical (unpaired) electrons. The molecular weight excluding hydrogens is 234 g/mol. The van der Waals surface area contributed by atoms with E-state index < -0.39 is 0 Å². The van der Waals surface area contributed by atoms with Crippen molar-refractivity contribution in [2.45, 2.75) is 56.9 Å². The van der Waals surface area contributed by atoms with E-state index in [0.29, 0.717) is 5.41 Å². The van der Waals surface area contributed by atoms with Crippen LogP contribution in [0, 0.1) is 11.8 Å². The fourth-order valence-electron chi connectivity index (χ4n) is 3.96. The lowest BCUT2D eigenvalue weighted by molar-refractivity contribution is 0.292. The van der Waals surface area contributed by atoms with Gasteiger partial charge in [0.25, 0.3) is 0 Å². The first kappa shape index (κ1) is 12.0. The number of hydrogen-bond donors (Lipinski definition) is 1. The summed E-state index contributed by atoms with van der Waals surface area (Å²) in [4.78, 5) is 4.53. The van der Waals surface area contributed by atoms with Gasteiger partial charge in [-0.1, -0.05) is 6.92 Å². The van der Waals surface area contributed by atoms with Gasteiger partial charge < -0.3 is 9.88 Å². The highest BCUT2D eigenvalue weighted by Gasteiger charge is 2.44. The molecule has 0 bridgehead atoms. The van der Waals surface area contributed by atoms with Gasteiger partial charge in [-0.3, -0.25) is 0 Å². The van der Waals surface area contributed by atoms with E-state index in [9.17, 15) is 0 Å². The van der Waals surface area contributed by atoms with Gasteiger partial charge in [0.2, 0.25) is 0 Å². The van der Waals surface area contributed by atoms with Gasteiger partial charge in [-0.05, 0) is 63.5 Å². The Bertz CT molecular complexity index is 438. The average Bonchev–Trinajstić information content (AvgIpc) is 3.32. The number of piperidine rings is 1. The maximum Gasteiger partial charge on any atom is 0.0951 e. The van der Waals surface area contributed by atoms with E-state index in [1.165, 1.54) is 44.2 Å². The highest BCUT2D eigenvalue weighted by atomic mass is 15.1. The van der Waals surface area contributed by atoms with E-state index in [4.69, 9.17) is 0 Å². The number of hydrogen-bond acceptors (Lipinski definition) is 2. The molecule has 19 heavy (non-hydrogen) atoms. The Balaban J connectivity index is 1.67. The minimum atomic E-state index is 0.337. The van der Waals surface area contributed by atoms with Gasteiger partial charge in [0.05, 0.1) is 6.33 Å². The summed E-state index contributed by atoms with van der Waals surface area (Å²) in [7, 11) is 0. The summed E-state index contributed by atoms with van der Waals surface area (Å²) < 4.78 is 2.58. The van der Waals surface area contributed by atoms with Crippen molar-refractivity contribution in [1.29, 1.82) is 0 Å². The van der Waals surface area contributed by atoms with Crippen LogP contribution in [0.2, 0.25) is 0 Å². The molecule has 2 saturated carbocycles. The summed E-state index contributed by atoms with van der Waals surface area (Å²) in [5.74, 6) is 1.90. The molecule has 3 heteroatoms. The SMILES string of the molecule is CC1(c2cncn2C(C2CC2)C2CC2)CCNCC1. The van der Waals surface area contributed by atoms with Crippen LogP contribution >= 0.6 is 0 Å². The quantitative estimate of drug-likeness (QED) is 0.901. The first-order valence-corrected chi connectivity index (χ1v) is 8.01. The molecule has 0 amide bonds. The van der Waals surface area contributed by atoms with Crippen molar-refractivity contribution in [1.82, 2.24) is 14.9 Å². The average molecular weight is 259 g/mol. The van der Waals surface area contributed by atoms with Crippen LogP contribution in [0.25, 0.3) is 0 Å². The minimum absolute atomic E-state index is 0.337. The van der Waals surface area contributed by atoms with Crippen LogP contribution in [-0.2, 0) is 5.41 Å². The molecule has 1 N–H and O–H groups in total. The fraction of sp³-hybridized carbons (Fsp3) is 0.812. The Morgan fingerprint density at radius 3 is 2.42 bits per heavy atom. The van der Waals surface area contributed by atoms with Crippen LogP contribution in [0.3, 0.4) is 0 Å². The van der Waals surface area contributed by atoms with Crippen LogP contribution in [0.5, 0.6) is 0 Å². The van der Waals surface area contributed by atoms with Crippen LogP contribution in [0.1, 0.15) is 57.2 Å². The summed E-state index contributed by atoms with van der Waals surface area (Å²) in [6.45, 7) is 4.75. The molecule has 1 aliphatic heterocycles. The van der Waals surface area contributed by atoms with E-state index >= 15 is 0 Å². The largest absolute Gasteiger partial charge is 0.330 e. The number of aromatic nitrogens is 2. The molecule has 0 unspecified atom stereocenters. The number of nitrogens with one attached hydrogen (secondary N) is 1. The third-order valence-corrected chi connectivity index (χ3v) is 5.52. The number of imidazole rings is 1. The predicted molar refractivity (Wildman–Crippen MR) is 76.2 cm³/mol. The van der Waals surface area contributed by atoms with Crippen LogP contribution < -0.4 is 5.32 Å². The molecule has 0 aromatic carbocycles. The van der Waals surface area contributed by atoms with Gasteiger partial charge in [-0.15, -0.1) is 0 Å². The maximum atomic E-state index is 4.53. The maximum absolute atomic E-state index is 4.53. The zero-order valence-electron chi connectivity index (χ0n) is 11.9. The summed E-state index contributed by atoms with van der Waals surface area (Å²) in [5.41, 5.74) is 1.85. The van der Waals surface area contributed by atoms with E-state index in [0.717, 1.165) is 31.0 Å². The summed E-state index contributed by atoms with van der Waals surface area (Å²) in [6.07, 6.45) is 12.6. The zero-order chi connectivity index (χ0) is 12.9. The molecule has 0 spiro atoms. The molecule has 3 aliphatic rings. The second kappa shape index (κ2) is 4.34. The standard InChI is InChI=1S/C16H25N3/c1-16(6-8-17-9-7-16)14-10-18-11-19(14)15(12-2-3-12)13-4-5-13/h10-13,15,17H,2-9H2,1H3. The van der Waals surface area contributed by atoms with Crippen molar-refractivity contribution >= 4 is 0 Å². The Morgan fingerprint density at radius 2 is 1.84 bits per heavy atom. The van der Waals surface area contributed by atoms with Gasteiger partial charge in [-0.25, -0.2) is 4.98 Å². The van der Waals surface area contributed by atoms with Gasteiger partial charge in [0.15, 0.2) is 0 Å². The van der Waals surface area contributed by atoms with Crippen molar-refractivity contribution in [3.63, 3.8) is 0 Å². The normalized spacial score (nSPS) is 26.8. The number of nitrogens with zero attached hydrogens (tertiary/aromatic N) is 2. The van der Waals surface area contributed by atoms with Crippen molar-refractivity contribution in [2.24, 2.45) is 11.8 Å². The fourth-order valence-corrected chi connectivity index (χ4v) is 3.96. The van der Waals surface area contributed by atoms with E-state index in [1.807, 2.05) is 0 Å². The second-order valence-electron chi connectivity index (χ2n) is 7.16. The molecule has 1 saturated heterocycles. The van der Waals surface area contributed by atoms with Gasteiger partial charge in [0.1, 0.15) is 0 Å². The minimum Gasteiger partial charge on any atom is -0.330 e. The van der Waals surface area contributed by atoms with E-state index in [-0.39, 0.29) is 0 Å². The molecule has 3 nitrogen and oxygen atoms in total. The predicted octanol–water partition coefficient (Wildman–Crippen LogP) is 2.89. The van der Waals surface area contributed by atoms with Crippen molar-refractivity contribution < 1.29 is 0 Å². The summed E-state index contributed by atoms with van der Waals surface area (Å²) in [6, 6.07) is 0.768. The second-order valence-corrected chi connectivity index (χ2v) is 7.16. The van der Waals surface area contributed by atoms with Crippen LogP contribution in [0.4, 0.5) is 0 Å². The van der Waals surface area contributed by atoms with Crippen molar-refractivity contribution in [2.75, 3.05) is 13.1 Å². The van der Waals surface area contributed by atoms with Gasteiger partial charge >= 0.3 is 0 Å². The monoisotopic (exact) mass is 259 g/mol. The lowest BCUT2D eigenvalue weighted by Crippen LogP contribution is -2.39.